The largest absolute Gasteiger partial charge is 0.333 e. The third-order valence-corrected chi connectivity index (χ3v) is 8.38. The Morgan fingerprint density at radius 3 is 1.95 bits per heavy atom. The number of aromatic nitrogens is 1. The first-order valence-corrected chi connectivity index (χ1v) is 14.2. The van der Waals surface area contributed by atoms with Crippen molar-refractivity contribution in [2.45, 2.75) is 36.6 Å². The summed E-state index contributed by atoms with van der Waals surface area (Å²) < 4.78 is 54.1. The van der Waals surface area contributed by atoms with Gasteiger partial charge in [0.25, 0.3) is 20.0 Å². The minimum absolute atomic E-state index is 0.0244. The van der Waals surface area contributed by atoms with Crippen molar-refractivity contribution in [3.8, 4) is 0 Å². The summed E-state index contributed by atoms with van der Waals surface area (Å²) in [5.41, 5.74) is 3.25. The number of carbonyl (C=O) groups excluding carboxylic acids is 2. The van der Waals surface area contributed by atoms with Gasteiger partial charge in [-0.1, -0.05) is 35.4 Å². The van der Waals surface area contributed by atoms with Crippen molar-refractivity contribution < 1.29 is 26.4 Å². The Morgan fingerprint density at radius 1 is 0.838 bits per heavy atom. The van der Waals surface area contributed by atoms with E-state index in [9.17, 15) is 26.4 Å². The van der Waals surface area contributed by atoms with E-state index in [1.807, 2.05) is 18.6 Å². The standard InChI is InChI=1S/C24H25N5O6S2/c1-16-3-7-20(8-4-16)36(32,33)27-23(30)26-19-13-18-15-29(12-11-22(18)25-14-19)24(31)28-37(34,35)21-9-5-17(2)6-10-21/h3-10,13-14H,11-12,15H2,1-2H3,(H,28,31)(H2,26,27,30). The van der Waals surface area contributed by atoms with Crippen LogP contribution in [0.3, 0.4) is 0 Å². The van der Waals surface area contributed by atoms with Gasteiger partial charge in [0, 0.05) is 25.2 Å². The maximum atomic E-state index is 12.7. The fourth-order valence-corrected chi connectivity index (χ4v) is 5.56. The molecule has 0 fully saturated rings. The maximum absolute atomic E-state index is 12.7. The minimum Gasteiger partial charge on any atom is -0.319 e. The Hall–Kier alpha value is -3.97. The highest BCUT2D eigenvalue weighted by Gasteiger charge is 2.26. The van der Waals surface area contributed by atoms with E-state index < -0.39 is 32.1 Å². The van der Waals surface area contributed by atoms with Crippen molar-refractivity contribution in [1.82, 2.24) is 19.3 Å². The van der Waals surface area contributed by atoms with E-state index in [-0.39, 0.29) is 28.6 Å². The molecule has 3 N–H and O–H groups in total. The van der Waals surface area contributed by atoms with Crippen LogP contribution in [0, 0.1) is 13.8 Å². The van der Waals surface area contributed by atoms with Gasteiger partial charge in [-0.25, -0.2) is 35.9 Å². The van der Waals surface area contributed by atoms with Crippen molar-refractivity contribution in [2.75, 3.05) is 11.9 Å². The molecule has 4 rings (SSSR count). The molecule has 4 amide bonds. The molecular formula is C24H25N5O6S2. The highest BCUT2D eigenvalue weighted by Crippen LogP contribution is 2.21. The number of hydrogen-bond acceptors (Lipinski definition) is 7. The van der Waals surface area contributed by atoms with Crippen molar-refractivity contribution >= 4 is 37.8 Å². The maximum Gasteiger partial charge on any atom is 0.333 e. The molecule has 0 saturated heterocycles. The molecule has 3 aromatic rings. The Kier molecular flexibility index (Phi) is 7.18. The summed E-state index contributed by atoms with van der Waals surface area (Å²) in [4.78, 5) is 30.6. The molecule has 1 aliphatic heterocycles. The number of rotatable bonds is 5. The summed E-state index contributed by atoms with van der Waals surface area (Å²) >= 11 is 0. The number of sulfonamides is 2. The number of carbonyl (C=O) groups is 2. The predicted octanol–water partition coefficient (Wildman–Crippen LogP) is 2.67. The van der Waals surface area contributed by atoms with Crippen molar-refractivity contribution in [3.63, 3.8) is 0 Å². The van der Waals surface area contributed by atoms with Gasteiger partial charge in [0.2, 0.25) is 0 Å². The van der Waals surface area contributed by atoms with Gasteiger partial charge >= 0.3 is 12.1 Å². The molecule has 0 atom stereocenters. The van der Waals surface area contributed by atoms with Crippen LogP contribution in [-0.2, 0) is 33.0 Å². The lowest BCUT2D eigenvalue weighted by Gasteiger charge is -2.28. The van der Waals surface area contributed by atoms with Gasteiger partial charge in [-0.2, -0.15) is 0 Å². The zero-order chi connectivity index (χ0) is 26.8. The van der Waals surface area contributed by atoms with Crippen molar-refractivity contribution in [2.24, 2.45) is 0 Å². The Morgan fingerprint density at radius 2 is 1.38 bits per heavy atom. The van der Waals surface area contributed by atoms with Crippen LogP contribution >= 0.6 is 0 Å². The van der Waals surface area contributed by atoms with E-state index >= 15 is 0 Å². The van der Waals surface area contributed by atoms with Crippen molar-refractivity contribution in [1.29, 1.82) is 0 Å². The zero-order valence-electron chi connectivity index (χ0n) is 20.1. The Labute approximate surface area is 215 Å². The zero-order valence-corrected chi connectivity index (χ0v) is 21.7. The number of fused-ring (bicyclic) bond motifs is 1. The molecule has 2 aromatic carbocycles. The summed E-state index contributed by atoms with van der Waals surface area (Å²) in [5.74, 6) is 0. The summed E-state index contributed by atoms with van der Waals surface area (Å²) in [5, 5.41) is 2.43. The second kappa shape index (κ2) is 10.2. The van der Waals surface area contributed by atoms with Gasteiger partial charge in [-0.3, -0.25) is 4.98 Å². The smallest absolute Gasteiger partial charge is 0.319 e. The van der Waals surface area contributed by atoms with E-state index in [2.05, 4.69) is 15.0 Å². The summed E-state index contributed by atoms with van der Waals surface area (Å²) in [6, 6.07) is 11.9. The Balaban J connectivity index is 1.41. The number of amides is 4. The lowest BCUT2D eigenvalue weighted by atomic mass is 10.1. The summed E-state index contributed by atoms with van der Waals surface area (Å²) in [7, 11) is -8.13. The first-order valence-electron chi connectivity index (χ1n) is 11.2. The SMILES string of the molecule is Cc1ccc(S(=O)(=O)NC(=O)Nc2cnc3c(c2)CN(C(=O)NS(=O)(=O)c2ccc(C)cc2)CC3)cc1. The van der Waals surface area contributed by atoms with Gasteiger partial charge in [-0.15, -0.1) is 0 Å². The Bertz CT molecular complexity index is 1550. The molecule has 0 spiro atoms. The van der Waals surface area contributed by atoms with Crippen LogP contribution in [-0.4, -0.2) is 45.3 Å². The molecule has 0 radical (unpaired) electrons. The number of hydrogen-bond donors (Lipinski definition) is 3. The van der Waals surface area contributed by atoms with E-state index in [1.54, 1.807) is 30.3 Å². The molecule has 1 aromatic heterocycles. The van der Waals surface area contributed by atoms with Gasteiger partial charge in [0.1, 0.15) is 0 Å². The molecule has 0 unspecified atom stereocenters. The van der Waals surface area contributed by atoms with Crippen LogP contribution < -0.4 is 14.8 Å². The third-order valence-electron chi connectivity index (χ3n) is 5.70. The fourth-order valence-electron chi connectivity index (χ4n) is 3.68. The van der Waals surface area contributed by atoms with Gasteiger partial charge in [-0.05, 0) is 49.7 Å². The molecule has 0 saturated carbocycles. The van der Waals surface area contributed by atoms with E-state index in [4.69, 9.17) is 0 Å². The van der Waals surface area contributed by atoms with Crippen LogP contribution in [0.2, 0.25) is 0 Å². The number of urea groups is 2. The summed E-state index contributed by atoms with van der Waals surface area (Å²) in [6.07, 6.45) is 1.76. The number of benzene rings is 2. The third kappa shape index (κ3) is 6.24. The second-order valence-corrected chi connectivity index (χ2v) is 12.0. The molecule has 2 heterocycles. The highest BCUT2D eigenvalue weighted by atomic mass is 32.2. The first-order chi connectivity index (χ1) is 17.4. The van der Waals surface area contributed by atoms with Gasteiger partial charge in [0.05, 0.1) is 21.7 Å². The lowest BCUT2D eigenvalue weighted by molar-refractivity contribution is 0.198. The fraction of sp³-hybridized carbons (Fsp3) is 0.208. The van der Waals surface area contributed by atoms with Crippen LogP contribution in [0.15, 0.2) is 70.6 Å². The average molecular weight is 544 g/mol. The van der Waals surface area contributed by atoms with E-state index in [0.717, 1.165) is 11.1 Å². The van der Waals surface area contributed by atoms with Gasteiger partial charge in [0.15, 0.2) is 0 Å². The molecule has 37 heavy (non-hydrogen) atoms. The number of nitrogens with one attached hydrogen (secondary N) is 3. The highest BCUT2D eigenvalue weighted by molar-refractivity contribution is 7.90. The predicted molar refractivity (Wildman–Crippen MR) is 136 cm³/mol. The number of anilines is 1. The first kappa shape index (κ1) is 26.1. The van der Waals surface area contributed by atoms with Crippen LogP contribution in [0.5, 0.6) is 0 Å². The quantitative estimate of drug-likeness (QED) is 0.447. The molecule has 13 heteroatoms. The van der Waals surface area contributed by atoms with E-state index in [0.29, 0.717) is 17.7 Å². The lowest BCUT2D eigenvalue weighted by Crippen LogP contribution is -2.45. The monoisotopic (exact) mass is 543 g/mol. The molecule has 0 aliphatic carbocycles. The number of nitrogens with zero attached hydrogens (tertiary/aromatic N) is 2. The van der Waals surface area contributed by atoms with Crippen molar-refractivity contribution in [3.05, 3.63) is 83.2 Å². The summed E-state index contributed by atoms with van der Waals surface area (Å²) in [6.45, 7) is 3.94. The van der Waals surface area contributed by atoms with Gasteiger partial charge < -0.3 is 10.2 Å². The molecule has 194 valence electrons. The van der Waals surface area contributed by atoms with E-state index in [1.165, 1.54) is 35.4 Å². The number of aryl methyl sites for hydroxylation is 2. The van der Waals surface area contributed by atoms with Crippen LogP contribution in [0.4, 0.5) is 15.3 Å². The topological polar surface area (TPSA) is 155 Å². The van der Waals surface area contributed by atoms with Crippen LogP contribution in [0.1, 0.15) is 22.4 Å². The normalized spacial score (nSPS) is 13.4. The molecule has 0 bridgehead atoms. The minimum atomic E-state index is -4.08. The number of pyridine rings is 1. The molecule has 1 aliphatic rings. The van der Waals surface area contributed by atoms with Crippen LogP contribution in [0.25, 0.3) is 0 Å². The molecule has 11 nitrogen and oxygen atoms in total. The average Bonchev–Trinajstić information content (AvgIpc) is 2.83. The molecular weight excluding hydrogens is 518 g/mol. The second-order valence-electron chi connectivity index (χ2n) is 8.60.